The summed E-state index contributed by atoms with van der Waals surface area (Å²) in [5.74, 6) is 1.29. The Hall–Kier alpha value is -1.89. The molecule has 102 valence electrons. The molecule has 3 N–H and O–H groups in total. The molecule has 1 aliphatic heterocycles. The van der Waals surface area contributed by atoms with Crippen molar-refractivity contribution in [1.29, 1.82) is 0 Å². The van der Waals surface area contributed by atoms with E-state index in [9.17, 15) is 4.79 Å². The number of hydrogen-bond donors (Lipinski definition) is 2. The molecule has 0 saturated carbocycles. The lowest BCUT2D eigenvalue weighted by Gasteiger charge is -2.35. The first kappa shape index (κ1) is 12.2. The third-order valence-electron chi connectivity index (χ3n) is 3.78. The molecule has 0 aromatic carbocycles. The van der Waals surface area contributed by atoms with Crippen LogP contribution >= 0.6 is 0 Å². The molecule has 3 heterocycles. The molecule has 0 aliphatic carbocycles. The van der Waals surface area contributed by atoms with Crippen molar-refractivity contribution in [2.75, 3.05) is 18.0 Å². The SMILES string of the molecule is CC(N)C1CCCN(c2ccc3n[nH]c(=O)n3n2)C1. The van der Waals surface area contributed by atoms with E-state index in [-0.39, 0.29) is 11.7 Å². The fourth-order valence-electron chi connectivity index (χ4n) is 2.61. The van der Waals surface area contributed by atoms with Gasteiger partial charge in [0.05, 0.1) is 0 Å². The summed E-state index contributed by atoms with van der Waals surface area (Å²) in [5, 5.41) is 10.6. The minimum atomic E-state index is -0.308. The summed E-state index contributed by atoms with van der Waals surface area (Å²) in [4.78, 5) is 13.7. The number of nitrogens with two attached hydrogens (primary N) is 1. The highest BCUT2D eigenvalue weighted by Crippen LogP contribution is 2.22. The molecular formula is C12H18N6O. The van der Waals surface area contributed by atoms with Crippen LogP contribution in [0.1, 0.15) is 19.8 Å². The van der Waals surface area contributed by atoms with Gasteiger partial charge >= 0.3 is 5.69 Å². The molecule has 0 bridgehead atoms. The summed E-state index contributed by atoms with van der Waals surface area (Å²) in [6.45, 7) is 3.89. The van der Waals surface area contributed by atoms with Crippen molar-refractivity contribution in [3.05, 3.63) is 22.6 Å². The Labute approximate surface area is 110 Å². The standard InChI is InChI=1S/C12H18N6O/c1-8(13)9-3-2-6-17(7-9)11-5-4-10-14-15-12(19)18(10)16-11/h4-5,8-9H,2-3,6-7,13H2,1H3,(H,15,19). The summed E-state index contributed by atoms with van der Waals surface area (Å²) >= 11 is 0. The van der Waals surface area contributed by atoms with Crippen LogP contribution < -0.4 is 16.3 Å². The van der Waals surface area contributed by atoms with Crippen molar-refractivity contribution >= 4 is 11.5 Å². The van der Waals surface area contributed by atoms with Crippen LogP contribution in [0.5, 0.6) is 0 Å². The largest absolute Gasteiger partial charge is 0.364 e. The van der Waals surface area contributed by atoms with E-state index in [2.05, 4.69) is 20.2 Å². The van der Waals surface area contributed by atoms with E-state index in [1.807, 2.05) is 13.0 Å². The maximum Gasteiger partial charge on any atom is 0.364 e. The van der Waals surface area contributed by atoms with Gasteiger partial charge < -0.3 is 10.6 Å². The zero-order valence-corrected chi connectivity index (χ0v) is 10.9. The second-order valence-electron chi connectivity index (χ2n) is 5.20. The highest BCUT2D eigenvalue weighted by molar-refractivity contribution is 5.45. The topological polar surface area (TPSA) is 92.3 Å². The van der Waals surface area contributed by atoms with Crippen molar-refractivity contribution in [2.24, 2.45) is 11.7 Å². The Kier molecular flexibility index (Phi) is 2.98. The molecule has 0 amide bonds. The van der Waals surface area contributed by atoms with Crippen LogP contribution in [0.2, 0.25) is 0 Å². The minimum Gasteiger partial charge on any atom is -0.355 e. The number of nitrogens with one attached hydrogen (secondary N) is 1. The smallest absolute Gasteiger partial charge is 0.355 e. The van der Waals surface area contributed by atoms with Crippen LogP contribution in [0, 0.1) is 5.92 Å². The van der Waals surface area contributed by atoms with Gasteiger partial charge in [-0.3, -0.25) is 0 Å². The highest BCUT2D eigenvalue weighted by Gasteiger charge is 2.23. The van der Waals surface area contributed by atoms with Crippen LogP contribution in [0.25, 0.3) is 5.65 Å². The zero-order chi connectivity index (χ0) is 13.4. The monoisotopic (exact) mass is 262 g/mol. The number of anilines is 1. The van der Waals surface area contributed by atoms with Crippen molar-refractivity contribution in [2.45, 2.75) is 25.8 Å². The summed E-state index contributed by atoms with van der Waals surface area (Å²) in [6, 6.07) is 3.89. The molecule has 7 nitrogen and oxygen atoms in total. The molecule has 0 radical (unpaired) electrons. The predicted octanol–water partition coefficient (Wildman–Crippen LogP) is -0.0188. The number of nitrogens with zero attached hydrogens (tertiary/aromatic N) is 4. The third-order valence-corrected chi connectivity index (χ3v) is 3.78. The van der Waals surface area contributed by atoms with E-state index in [1.54, 1.807) is 6.07 Å². The Morgan fingerprint density at radius 2 is 2.37 bits per heavy atom. The zero-order valence-electron chi connectivity index (χ0n) is 10.9. The molecule has 2 atom stereocenters. The molecule has 1 fully saturated rings. The van der Waals surface area contributed by atoms with Crippen molar-refractivity contribution in [3.63, 3.8) is 0 Å². The van der Waals surface area contributed by atoms with Crippen LogP contribution in [0.15, 0.2) is 16.9 Å². The Bertz CT molecular complexity index is 630. The van der Waals surface area contributed by atoms with Crippen molar-refractivity contribution in [1.82, 2.24) is 19.8 Å². The molecule has 1 saturated heterocycles. The molecule has 3 rings (SSSR count). The first-order valence-corrected chi connectivity index (χ1v) is 6.60. The molecule has 1 aliphatic rings. The lowest BCUT2D eigenvalue weighted by atomic mass is 9.92. The number of piperidine rings is 1. The van der Waals surface area contributed by atoms with Crippen LogP contribution in [0.3, 0.4) is 0 Å². The van der Waals surface area contributed by atoms with Gasteiger partial charge in [-0.15, -0.1) is 5.10 Å². The summed E-state index contributed by atoms with van der Waals surface area (Å²) < 4.78 is 1.30. The molecule has 2 unspecified atom stereocenters. The van der Waals surface area contributed by atoms with Gasteiger partial charge in [-0.1, -0.05) is 0 Å². The van der Waals surface area contributed by atoms with Gasteiger partial charge in [0.25, 0.3) is 0 Å². The minimum absolute atomic E-state index is 0.183. The lowest BCUT2D eigenvalue weighted by Crippen LogP contribution is -2.43. The molecule has 2 aromatic heterocycles. The summed E-state index contributed by atoms with van der Waals surface area (Å²) in [5.41, 5.74) is 6.22. The van der Waals surface area contributed by atoms with Crippen LogP contribution in [-0.4, -0.2) is 38.9 Å². The highest BCUT2D eigenvalue weighted by atomic mass is 16.2. The van der Waals surface area contributed by atoms with Gasteiger partial charge in [0, 0.05) is 19.1 Å². The van der Waals surface area contributed by atoms with Gasteiger partial charge in [0.2, 0.25) is 0 Å². The molecule has 19 heavy (non-hydrogen) atoms. The first-order chi connectivity index (χ1) is 9.15. The van der Waals surface area contributed by atoms with Gasteiger partial charge in [0.1, 0.15) is 5.82 Å². The second kappa shape index (κ2) is 4.65. The van der Waals surface area contributed by atoms with Gasteiger partial charge in [0.15, 0.2) is 5.65 Å². The maximum atomic E-state index is 11.5. The number of aromatic amines is 1. The second-order valence-corrected chi connectivity index (χ2v) is 5.20. The van der Waals surface area contributed by atoms with Crippen molar-refractivity contribution < 1.29 is 0 Å². The normalized spacial score (nSPS) is 21.8. The average Bonchev–Trinajstić information content (AvgIpc) is 2.80. The lowest BCUT2D eigenvalue weighted by molar-refractivity contribution is 0.362. The number of rotatable bonds is 2. The third kappa shape index (κ3) is 2.21. The molecule has 7 heteroatoms. The predicted molar refractivity (Wildman–Crippen MR) is 72.2 cm³/mol. The molecule has 0 spiro atoms. The quantitative estimate of drug-likeness (QED) is 0.793. The van der Waals surface area contributed by atoms with Gasteiger partial charge in [-0.25, -0.2) is 9.89 Å². The molecule has 2 aromatic rings. The number of hydrogen-bond acceptors (Lipinski definition) is 5. The fourth-order valence-corrected chi connectivity index (χ4v) is 2.61. The maximum absolute atomic E-state index is 11.5. The molecular weight excluding hydrogens is 244 g/mol. The van der Waals surface area contributed by atoms with E-state index in [1.165, 1.54) is 4.52 Å². The Morgan fingerprint density at radius 1 is 1.53 bits per heavy atom. The van der Waals surface area contributed by atoms with E-state index >= 15 is 0 Å². The first-order valence-electron chi connectivity index (χ1n) is 6.60. The van der Waals surface area contributed by atoms with Gasteiger partial charge in [-0.05, 0) is 37.8 Å². The number of H-pyrrole nitrogens is 1. The van der Waals surface area contributed by atoms with Crippen LogP contribution in [-0.2, 0) is 0 Å². The summed E-state index contributed by atoms with van der Waals surface area (Å²) in [6.07, 6.45) is 2.26. The number of fused-ring (bicyclic) bond motifs is 1. The van der Waals surface area contributed by atoms with Crippen molar-refractivity contribution in [3.8, 4) is 0 Å². The Balaban J connectivity index is 1.90. The van der Waals surface area contributed by atoms with Crippen LogP contribution in [0.4, 0.5) is 5.82 Å². The van der Waals surface area contributed by atoms with E-state index < -0.39 is 0 Å². The Morgan fingerprint density at radius 3 is 3.16 bits per heavy atom. The van der Waals surface area contributed by atoms with E-state index in [0.29, 0.717) is 11.6 Å². The average molecular weight is 262 g/mol. The fraction of sp³-hybridized carbons (Fsp3) is 0.583. The van der Waals surface area contributed by atoms with E-state index in [0.717, 1.165) is 31.7 Å². The number of aromatic nitrogens is 4. The van der Waals surface area contributed by atoms with E-state index in [4.69, 9.17) is 5.73 Å². The summed E-state index contributed by atoms with van der Waals surface area (Å²) in [7, 11) is 0. The van der Waals surface area contributed by atoms with Gasteiger partial charge in [-0.2, -0.15) is 9.61 Å².